The number of hydrogen-bond acceptors (Lipinski definition) is 2. The van der Waals surface area contributed by atoms with Crippen LogP contribution in [0.2, 0.25) is 0 Å². The molecule has 0 radical (unpaired) electrons. The van der Waals surface area contributed by atoms with Crippen molar-refractivity contribution in [2.24, 2.45) is 0 Å². The fourth-order valence-corrected chi connectivity index (χ4v) is 18.0. The Balaban J connectivity index is 1.95. The van der Waals surface area contributed by atoms with Crippen LogP contribution in [0.4, 0.5) is 0 Å². The Kier molecular flexibility index (Phi) is 5.67. The second-order valence-electron chi connectivity index (χ2n) is 6.53. The Morgan fingerprint density at radius 3 is 1.18 bits per heavy atom. The van der Waals surface area contributed by atoms with E-state index >= 15 is 0 Å². The van der Waals surface area contributed by atoms with Gasteiger partial charge in [-0.15, -0.1) is 0 Å². The van der Waals surface area contributed by atoms with Crippen molar-refractivity contribution in [1.82, 2.24) is 0 Å². The van der Waals surface area contributed by atoms with Crippen LogP contribution in [0.15, 0.2) is 121 Å². The predicted molar refractivity (Wildman–Crippen MR) is 116 cm³/mol. The van der Waals surface area contributed by atoms with Gasteiger partial charge in [0.1, 0.15) is 0 Å². The van der Waals surface area contributed by atoms with Crippen molar-refractivity contribution in [3.8, 4) is 0 Å². The Hall–Kier alpha value is -2.73. The van der Waals surface area contributed by atoms with E-state index in [1.165, 1.54) is 0 Å². The molecule has 2 nitrogen and oxygen atoms in total. The molecule has 3 heteroatoms. The molecule has 0 aliphatic rings. The summed E-state index contributed by atoms with van der Waals surface area (Å²) >= 11 is -4.20. The summed E-state index contributed by atoms with van der Waals surface area (Å²) in [6, 6.07) is 39.9. The van der Waals surface area contributed by atoms with Crippen molar-refractivity contribution >= 4 is 37.0 Å². The summed E-state index contributed by atoms with van der Waals surface area (Å²) in [4.78, 5) is 13.2. The topological polar surface area (TPSA) is 26.3 Å². The Bertz CT molecular complexity index is 936. The molecule has 4 aromatic carbocycles. The fraction of sp³-hybridized carbons (Fsp3) is 0. The van der Waals surface area contributed by atoms with E-state index in [-0.39, 0.29) is 5.97 Å². The van der Waals surface area contributed by atoms with Gasteiger partial charge in [0.05, 0.1) is 0 Å². The zero-order chi connectivity index (χ0) is 19.2. The zero-order valence-corrected chi connectivity index (χ0v) is 19.3. The molecule has 4 rings (SSSR count). The average Bonchev–Trinajstić information content (AvgIpc) is 2.80. The summed E-state index contributed by atoms with van der Waals surface area (Å²) in [7, 11) is 0. The van der Waals surface area contributed by atoms with E-state index in [2.05, 4.69) is 36.4 Å². The molecule has 0 amide bonds. The Morgan fingerprint density at radius 2 is 0.821 bits per heavy atom. The van der Waals surface area contributed by atoms with Crippen LogP contribution in [0, 0.1) is 0 Å². The van der Waals surface area contributed by atoms with Crippen LogP contribution < -0.4 is 9.37 Å². The molecule has 28 heavy (non-hydrogen) atoms. The van der Waals surface area contributed by atoms with E-state index in [0.29, 0.717) is 5.56 Å². The van der Waals surface area contributed by atoms with E-state index < -0.39 is 21.6 Å². The molecule has 0 aromatic heterocycles. The molecule has 0 saturated carbocycles. The molecule has 0 N–H and O–H groups in total. The third-order valence-corrected chi connectivity index (χ3v) is 20.1. The van der Waals surface area contributed by atoms with Crippen molar-refractivity contribution in [3.05, 3.63) is 127 Å². The molecule has 0 bridgehead atoms. The van der Waals surface area contributed by atoms with Crippen LogP contribution in [0.25, 0.3) is 0 Å². The number of hydrogen-bond donors (Lipinski definition) is 0. The SMILES string of the molecule is O=C([O][Pb]([c]1ccccc1)([c]1ccccc1)[c]1ccccc1)c1ccccc1. The Labute approximate surface area is 170 Å². The molecule has 0 aliphatic heterocycles. The number of carbonyl (C=O) groups is 1. The van der Waals surface area contributed by atoms with Crippen molar-refractivity contribution in [2.75, 3.05) is 0 Å². The van der Waals surface area contributed by atoms with Crippen LogP contribution in [-0.4, -0.2) is 27.6 Å². The first kappa shape index (κ1) is 18.6. The molecule has 0 spiro atoms. The molecule has 0 fully saturated rings. The minimum atomic E-state index is -4.20. The maximum atomic E-state index is 13.2. The van der Waals surface area contributed by atoms with Crippen LogP contribution >= 0.6 is 0 Å². The third-order valence-electron chi connectivity index (χ3n) is 4.80. The summed E-state index contributed by atoms with van der Waals surface area (Å²) in [5.74, 6) is -0.265. The van der Waals surface area contributed by atoms with E-state index in [4.69, 9.17) is 2.69 Å². The quantitative estimate of drug-likeness (QED) is 0.350. The first-order valence-electron chi connectivity index (χ1n) is 9.26. The van der Waals surface area contributed by atoms with Gasteiger partial charge in [0, 0.05) is 0 Å². The molecule has 0 heterocycles. The summed E-state index contributed by atoms with van der Waals surface area (Å²) in [5, 5.41) is 0. The van der Waals surface area contributed by atoms with Gasteiger partial charge in [0.25, 0.3) is 0 Å². The van der Waals surface area contributed by atoms with Gasteiger partial charge in [0.15, 0.2) is 0 Å². The first-order valence-corrected chi connectivity index (χ1v) is 16.7. The average molecular weight is 560 g/mol. The maximum absolute atomic E-state index is 13.2. The van der Waals surface area contributed by atoms with Crippen molar-refractivity contribution < 1.29 is 7.48 Å². The fourth-order valence-electron chi connectivity index (χ4n) is 3.47. The predicted octanol–water partition coefficient (Wildman–Crippen LogP) is 3.51. The van der Waals surface area contributed by atoms with E-state index in [9.17, 15) is 4.79 Å². The molecule has 0 unspecified atom stereocenters. The molecular weight excluding hydrogens is 539 g/mol. The summed E-state index contributed by atoms with van der Waals surface area (Å²) in [6.45, 7) is 0. The van der Waals surface area contributed by atoms with Crippen LogP contribution in [0.5, 0.6) is 0 Å². The molecule has 0 saturated heterocycles. The van der Waals surface area contributed by atoms with Crippen LogP contribution in [0.3, 0.4) is 0 Å². The normalized spacial score (nSPS) is 11.0. The minimum absolute atomic E-state index is 0.265. The van der Waals surface area contributed by atoms with Gasteiger partial charge in [-0.25, -0.2) is 0 Å². The van der Waals surface area contributed by atoms with Gasteiger partial charge >= 0.3 is 171 Å². The Morgan fingerprint density at radius 1 is 0.500 bits per heavy atom. The molecule has 4 aromatic rings. The van der Waals surface area contributed by atoms with Gasteiger partial charge in [-0.1, -0.05) is 0 Å². The van der Waals surface area contributed by atoms with Gasteiger partial charge in [-0.3, -0.25) is 0 Å². The zero-order valence-electron chi connectivity index (χ0n) is 15.4. The molecule has 0 aliphatic carbocycles. The second-order valence-corrected chi connectivity index (χ2v) is 19.4. The van der Waals surface area contributed by atoms with Gasteiger partial charge in [-0.05, 0) is 0 Å². The van der Waals surface area contributed by atoms with Crippen molar-refractivity contribution in [3.63, 3.8) is 0 Å². The number of benzene rings is 4. The van der Waals surface area contributed by atoms with Gasteiger partial charge in [0.2, 0.25) is 0 Å². The van der Waals surface area contributed by atoms with Crippen LogP contribution in [0.1, 0.15) is 10.4 Å². The van der Waals surface area contributed by atoms with E-state index in [0.717, 1.165) is 9.37 Å². The first-order chi connectivity index (χ1) is 13.8. The van der Waals surface area contributed by atoms with E-state index in [1.807, 2.05) is 84.9 Å². The molecular formula is C25H20O2Pb. The second kappa shape index (κ2) is 8.52. The third kappa shape index (κ3) is 3.65. The monoisotopic (exact) mass is 560 g/mol. The molecule has 0 atom stereocenters. The summed E-state index contributed by atoms with van der Waals surface area (Å²) in [5.41, 5.74) is 0.578. The van der Waals surface area contributed by atoms with E-state index in [1.54, 1.807) is 0 Å². The summed E-state index contributed by atoms with van der Waals surface area (Å²) in [6.07, 6.45) is 0. The molecule has 136 valence electrons. The van der Waals surface area contributed by atoms with Gasteiger partial charge in [-0.2, -0.15) is 0 Å². The van der Waals surface area contributed by atoms with Crippen LogP contribution in [-0.2, 0) is 2.69 Å². The van der Waals surface area contributed by atoms with Gasteiger partial charge < -0.3 is 0 Å². The number of rotatable bonds is 5. The summed E-state index contributed by atoms with van der Waals surface area (Å²) < 4.78 is 9.93. The van der Waals surface area contributed by atoms with Crippen molar-refractivity contribution in [1.29, 1.82) is 0 Å². The standard InChI is InChI=1S/C7H6O2.3C6H5.Pb/c8-7(9)6-4-2-1-3-5-6;3*1-2-4-6-5-3-1;/h1-5H,(H,8,9);3*1-5H;/q;;;;+1/p-1. The number of carbonyl (C=O) groups excluding carboxylic acids is 1. The van der Waals surface area contributed by atoms with Crippen molar-refractivity contribution in [2.45, 2.75) is 0 Å².